The first-order chi connectivity index (χ1) is 9.24. The summed E-state index contributed by atoms with van der Waals surface area (Å²) in [6.07, 6.45) is 8.58. The first-order valence-electron chi connectivity index (χ1n) is 7.88. The number of hydrogen-bond acceptors (Lipinski definition) is 1. The summed E-state index contributed by atoms with van der Waals surface area (Å²) in [5.41, 5.74) is 2.35. The molecule has 1 aromatic carbocycles. The fourth-order valence-corrected chi connectivity index (χ4v) is 3.45. The van der Waals surface area contributed by atoms with Crippen molar-refractivity contribution in [3.8, 4) is 0 Å². The van der Waals surface area contributed by atoms with E-state index in [2.05, 4.69) is 25.1 Å². The fourth-order valence-electron chi connectivity index (χ4n) is 3.45. The molecule has 3 rings (SSSR count). The lowest BCUT2D eigenvalue weighted by atomic mass is 9.77. The predicted octanol–water partition coefficient (Wildman–Crippen LogP) is 4.96. The van der Waals surface area contributed by atoms with Crippen LogP contribution in [0.1, 0.15) is 73.7 Å². The second-order valence-corrected chi connectivity index (χ2v) is 6.57. The molecule has 0 saturated heterocycles. The molecule has 2 fully saturated rings. The van der Waals surface area contributed by atoms with Crippen molar-refractivity contribution in [2.75, 3.05) is 0 Å². The molecule has 0 heterocycles. The molecular weight excluding hydrogens is 232 g/mol. The third-order valence-corrected chi connectivity index (χ3v) is 5.13. The smallest absolute Gasteiger partial charge is 0.165 e. The lowest BCUT2D eigenvalue weighted by Gasteiger charge is -2.27. The molecule has 1 aromatic rings. The fraction of sp³-hybridized carbons (Fsp3) is 0.611. The minimum absolute atomic E-state index is 0.285. The van der Waals surface area contributed by atoms with Gasteiger partial charge in [-0.25, -0.2) is 0 Å². The zero-order chi connectivity index (χ0) is 13.2. The van der Waals surface area contributed by atoms with Gasteiger partial charge in [-0.05, 0) is 49.1 Å². The highest BCUT2D eigenvalue weighted by Gasteiger charge is 2.26. The lowest BCUT2D eigenvalue weighted by molar-refractivity contribution is 0.0875. The van der Waals surface area contributed by atoms with E-state index in [1.165, 1.54) is 37.7 Å². The van der Waals surface area contributed by atoms with E-state index in [1.807, 2.05) is 6.07 Å². The lowest BCUT2D eigenvalue weighted by Crippen LogP contribution is -2.21. The summed E-state index contributed by atoms with van der Waals surface area (Å²) in [5.74, 6) is 2.21. The number of carbonyl (C=O) groups is 1. The maximum absolute atomic E-state index is 12.6. The average Bonchev–Trinajstić information content (AvgIpc) is 2.37. The first-order valence-corrected chi connectivity index (χ1v) is 7.88. The van der Waals surface area contributed by atoms with Crippen LogP contribution in [0.4, 0.5) is 0 Å². The van der Waals surface area contributed by atoms with Crippen molar-refractivity contribution in [2.45, 2.75) is 57.8 Å². The zero-order valence-corrected chi connectivity index (χ0v) is 11.9. The molecule has 19 heavy (non-hydrogen) atoms. The van der Waals surface area contributed by atoms with Crippen LogP contribution in [0.25, 0.3) is 0 Å². The van der Waals surface area contributed by atoms with Crippen molar-refractivity contribution in [2.24, 2.45) is 11.8 Å². The van der Waals surface area contributed by atoms with Gasteiger partial charge >= 0.3 is 0 Å². The third-order valence-electron chi connectivity index (χ3n) is 5.13. The molecule has 0 amide bonds. The topological polar surface area (TPSA) is 17.1 Å². The molecule has 0 bridgehead atoms. The minimum atomic E-state index is 0.285. The Labute approximate surface area is 116 Å². The second kappa shape index (κ2) is 5.48. The Morgan fingerprint density at radius 1 is 1.05 bits per heavy atom. The molecule has 1 heteroatoms. The van der Waals surface area contributed by atoms with Crippen LogP contribution in [-0.2, 0) is 0 Å². The Bertz CT molecular complexity index is 451. The van der Waals surface area contributed by atoms with Gasteiger partial charge in [0.1, 0.15) is 0 Å². The van der Waals surface area contributed by atoms with E-state index in [0.717, 1.165) is 30.2 Å². The Morgan fingerprint density at radius 3 is 2.42 bits per heavy atom. The Hall–Kier alpha value is -1.11. The molecule has 102 valence electrons. The molecule has 1 nitrogen and oxygen atoms in total. The summed E-state index contributed by atoms with van der Waals surface area (Å²) in [4.78, 5) is 12.6. The van der Waals surface area contributed by atoms with E-state index < -0.39 is 0 Å². The number of rotatable bonds is 3. The van der Waals surface area contributed by atoms with Gasteiger partial charge in [0.05, 0.1) is 0 Å². The summed E-state index contributed by atoms with van der Waals surface area (Å²) < 4.78 is 0. The summed E-state index contributed by atoms with van der Waals surface area (Å²) in [6, 6.07) is 8.46. The third kappa shape index (κ3) is 2.75. The number of benzene rings is 1. The highest BCUT2D eigenvalue weighted by Crippen LogP contribution is 2.37. The molecule has 2 saturated carbocycles. The van der Waals surface area contributed by atoms with Gasteiger partial charge in [-0.15, -0.1) is 0 Å². The summed E-state index contributed by atoms with van der Waals surface area (Å²) in [5, 5.41) is 0. The SMILES string of the molecule is CC1CCC(C(=O)c2cccc(C3CCC3)c2)CC1. The van der Waals surface area contributed by atoms with Gasteiger partial charge in [0, 0.05) is 11.5 Å². The van der Waals surface area contributed by atoms with E-state index >= 15 is 0 Å². The van der Waals surface area contributed by atoms with Gasteiger partial charge in [0.25, 0.3) is 0 Å². The molecule has 0 unspecified atom stereocenters. The number of hydrogen-bond donors (Lipinski definition) is 0. The summed E-state index contributed by atoms with van der Waals surface area (Å²) >= 11 is 0. The van der Waals surface area contributed by atoms with Gasteiger partial charge in [0.15, 0.2) is 5.78 Å². The summed E-state index contributed by atoms with van der Waals surface area (Å²) in [7, 11) is 0. The summed E-state index contributed by atoms with van der Waals surface area (Å²) in [6.45, 7) is 2.30. The van der Waals surface area contributed by atoms with E-state index in [-0.39, 0.29) is 5.92 Å². The van der Waals surface area contributed by atoms with Crippen LogP contribution < -0.4 is 0 Å². The van der Waals surface area contributed by atoms with Crippen molar-refractivity contribution < 1.29 is 4.79 Å². The van der Waals surface area contributed by atoms with Crippen molar-refractivity contribution in [1.82, 2.24) is 0 Å². The van der Waals surface area contributed by atoms with Crippen LogP contribution in [0.15, 0.2) is 24.3 Å². The average molecular weight is 256 g/mol. The largest absolute Gasteiger partial charge is 0.294 e. The molecule has 0 spiro atoms. The first kappa shape index (κ1) is 12.9. The Kier molecular flexibility index (Phi) is 3.72. The van der Waals surface area contributed by atoms with Crippen LogP contribution in [0.5, 0.6) is 0 Å². The Morgan fingerprint density at radius 2 is 1.79 bits per heavy atom. The van der Waals surface area contributed by atoms with Gasteiger partial charge in [0.2, 0.25) is 0 Å². The second-order valence-electron chi connectivity index (χ2n) is 6.57. The van der Waals surface area contributed by atoms with Crippen molar-refractivity contribution in [3.63, 3.8) is 0 Å². The number of ketones is 1. The molecule has 2 aliphatic carbocycles. The quantitative estimate of drug-likeness (QED) is 0.698. The molecule has 0 aromatic heterocycles. The van der Waals surface area contributed by atoms with Crippen LogP contribution >= 0.6 is 0 Å². The van der Waals surface area contributed by atoms with Gasteiger partial charge in [-0.3, -0.25) is 4.79 Å². The maximum atomic E-state index is 12.6. The zero-order valence-electron chi connectivity index (χ0n) is 11.9. The van der Waals surface area contributed by atoms with Crippen LogP contribution in [-0.4, -0.2) is 5.78 Å². The molecule has 0 aliphatic heterocycles. The van der Waals surface area contributed by atoms with Gasteiger partial charge in [-0.1, -0.05) is 44.4 Å². The Balaban J connectivity index is 1.72. The molecular formula is C18H24O. The molecule has 0 radical (unpaired) electrons. The van der Waals surface area contributed by atoms with Crippen LogP contribution in [0.2, 0.25) is 0 Å². The van der Waals surface area contributed by atoms with Crippen LogP contribution in [0, 0.1) is 11.8 Å². The van der Waals surface area contributed by atoms with E-state index in [4.69, 9.17) is 0 Å². The van der Waals surface area contributed by atoms with Gasteiger partial charge < -0.3 is 0 Å². The van der Waals surface area contributed by atoms with Crippen LogP contribution in [0.3, 0.4) is 0 Å². The standard InChI is InChI=1S/C18H24O/c1-13-8-10-15(11-9-13)18(19)17-7-3-6-16(12-17)14-4-2-5-14/h3,6-7,12-15H,2,4-5,8-11H2,1H3. The minimum Gasteiger partial charge on any atom is -0.294 e. The monoisotopic (exact) mass is 256 g/mol. The predicted molar refractivity (Wildman–Crippen MR) is 78.5 cm³/mol. The van der Waals surface area contributed by atoms with Gasteiger partial charge in [-0.2, -0.15) is 0 Å². The van der Waals surface area contributed by atoms with E-state index in [9.17, 15) is 4.79 Å². The highest BCUT2D eigenvalue weighted by molar-refractivity contribution is 5.98. The maximum Gasteiger partial charge on any atom is 0.165 e. The normalized spacial score (nSPS) is 27.8. The molecule has 0 atom stereocenters. The van der Waals surface area contributed by atoms with Crippen molar-refractivity contribution in [1.29, 1.82) is 0 Å². The number of carbonyl (C=O) groups excluding carboxylic acids is 1. The molecule has 2 aliphatic rings. The van der Waals surface area contributed by atoms with E-state index in [1.54, 1.807) is 0 Å². The van der Waals surface area contributed by atoms with Crippen molar-refractivity contribution in [3.05, 3.63) is 35.4 Å². The van der Waals surface area contributed by atoms with E-state index in [0.29, 0.717) is 5.78 Å². The molecule has 0 N–H and O–H groups in total. The highest BCUT2D eigenvalue weighted by atomic mass is 16.1. The van der Waals surface area contributed by atoms with Crippen molar-refractivity contribution >= 4 is 5.78 Å². The number of Topliss-reactive ketones (excluding diaryl/α,β-unsaturated/α-hetero) is 1.